The summed E-state index contributed by atoms with van der Waals surface area (Å²) in [6.07, 6.45) is 0. The van der Waals surface area contributed by atoms with Crippen LogP contribution in [-0.2, 0) is 16.6 Å². The Balaban J connectivity index is 1.35. The lowest BCUT2D eigenvalue weighted by Gasteiger charge is -2.34. The van der Waals surface area contributed by atoms with Crippen molar-refractivity contribution in [2.45, 2.75) is 18.4 Å². The van der Waals surface area contributed by atoms with Gasteiger partial charge in [-0.3, -0.25) is 9.69 Å². The largest absolute Gasteiger partial charge is 0.494 e. The maximum Gasteiger partial charge on any atom is 0.253 e. The van der Waals surface area contributed by atoms with E-state index in [-0.39, 0.29) is 10.8 Å². The summed E-state index contributed by atoms with van der Waals surface area (Å²) in [4.78, 5) is 17.1. The number of sulfonamides is 1. The average molecular weight is 500 g/mol. The summed E-state index contributed by atoms with van der Waals surface area (Å²) in [6.45, 7) is 5.56. The van der Waals surface area contributed by atoms with Gasteiger partial charge in [-0.15, -0.1) is 5.10 Å². The number of carbonyl (C=O) groups excluding carboxylic acids is 1. The minimum absolute atomic E-state index is 0.113. The number of hydrogen-bond acceptors (Lipinski definition) is 8. The van der Waals surface area contributed by atoms with E-state index in [9.17, 15) is 13.2 Å². The predicted molar refractivity (Wildman–Crippen MR) is 129 cm³/mol. The molecule has 0 saturated carbocycles. The first kappa shape index (κ1) is 24.8. The average Bonchev–Trinajstić information content (AvgIpc) is 3.33. The van der Waals surface area contributed by atoms with E-state index in [0.29, 0.717) is 50.7 Å². The second-order valence-corrected chi connectivity index (χ2v) is 10.5. The van der Waals surface area contributed by atoms with Gasteiger partial charge in [0.25, 0.3) is 5.91 Å². The van der Waals surface area contributed by atoms with Gasteiger partial charge in [0.05, 0.1) is 23.7 Å². The number of hydrogen-bond donors (Lipinski definition) is 0. The number of piperazine rings is 1. The van der Waals surface area contributed by atoms with Crippen molar-refractivity contribution < 1.29 is 17.9 Å². The predicted octanol–water partition coefficient (Wildman–Crippen LogP) is 1.27. The second kappa shape index (κ2) is 10.5. The summed E-state index contributed by atoms with van der Waals surface area (Å²) in [5.74, 6) is 1.39. The van der Waals surface area contributed by atoms with E-state index in [2.05, 4.69) is 20.4 Å². The Morgan fingerprint density at radius 3 is 2.26 bits per heavy atom. The van der Waals surface area contributed by atoms with Gasteiger partial charge < -0.3 is 9.64 Å². The molecule has 0 aliphatic carbocycles. The fourth-order valence-electron chi connectivity index (χ4n) is 3.83. The zero-order valence-electron chi connectivity index (χ0n) is 20.0. The fourth-order valence-corrected chi connectivity index (χ4v) is 4.73. The molecule has 4 rings (SSSR count). The van der Waals surface area contributed by atoms with E-state index in [1.807, 2.05) is 31.2 Å². The van der Waals surface area contributed by atoms with Crippen LogP contribution in [0.1, 0.15) is 23.1 Å². The second-order valence-electron chi connectivity index (χ2n) is 8.31. The Kier molecular flexibility index (Phi) is 7.43. The Hall–Kier alpha value is -3.35. The molecule has 0 atom stereocenters. The maximum atomic E-state index is 12.9. The number of amides is 1. The van der Waals surface area contributed by atoms with Crippen molar-refractivity contribution in [1.82, 2.24) is 34.3 Å². The molecule has 1 saturated heterocycles. The van der Waals surface area contributed by atoms with Crippen LogP contribution in [0, 0.1) is 0 Å². The van der Waals surface area contributed by atoms with Gasteiger partial charge in [0.1, 0.15) is 5.75 Å². The molecule has 12 heteroatoms. The first-order chi connectivity index (χ1) is 16.8. The number of tetrazole rings is 1. The van der Waals surface area contributed by atoms with E-state index in [1.54, 1.807) is 21.7 Å². The van der Waals surface area contributed by atoms with Crippen LogP contribution in [0.2, 0.25) is 0 Å². The van der Waals surface area contributed by atoms with E-state index >= 15 is 0 Å². The van der Waals surface area contributed by atoms with Crippen LogP contribution >= 0.6 is 0 Å². The third kappa shape index (κ3) is 5.50. The molecular formula is C23H29N7O4S. The van der Waals surface area contributed by atoms with Crippen LogP contribution in [-0.4, -0.2) is 95.5 Å². The zero-order valence-corrected chi connectivity index (χ0v) is 20.8. The topological polar surface area (TPSA) is 114 Å². The molecule has 186 valence electrons. The molecule has 0 N–H and O–H groups in total. The Labute approximate surface area is 204 Å². The first-order valence-electron chi connectivity index (χ1n) is 11.3. The Bertz CT molecular complexity index is 1250. The normalized spacial score (nSPS) is 14.9. The molecule has 0 bridgehead atoms. The van der Waals surface area contributed by atoms with Gasteiger partial charge >= 0.3 is 0 Å². The van der Waals surface area contributed by atoms with Crippen LogP contribution in [0.3, 0.4) is 0 Å². The minimum atomic E-state index is -3.53. The number of rotatable bonds is 8. The van der Waals surface area contributed by atoms with Crippen molar-refractivity contribution in [2.75, 3.05) is 46.9 Å². The number of ether oxygens (including phenoxy) is 1. The summed E-state index contributed by atoms with van der Waals surface area (Å²) in [6, 6.07) is 13.7. The summed E-state index contributed by atoms with van der Waals surface area (Å²) >= 11 is 0. The molecule has 1 aliphatic rings. The van der Waals surface area contributed by atoms with E-state index < -0.39 is 10.0 Å². The van der Waals surface area contributed by atoms with Crippen molar-refractivity contribution in [3.05, 3.63) is 59.9 Å². The van der Waals surface area contributed by atoms with Crippen molar-refractivity contribution in [1.29, 1.82) is 0 Å². The van der Waals surface area contributed by atoms with E-state index in [0.717, 1.165) is 15.7 Å². The monoisotopic (exact) mass is 499 g/mol. The molecule has 2 aromatic carbocycles. The molecular weight excluding hydrogens is 470 g/mol. The molecule has 2 heterocycles. The lowest BCUT2D eigenvalue weighted by atomic mass is 10.2. The van der Waals surface area contributed by atoms with Crippen molar-refractivity contribution in [3.8, 4) is 11.4 Å². The van der Waals surface area contributed by atoms with Crippen molar-refractivity contribution >= 4 is 15.9 Å². The molecule has 0 radical (unpaired) electrons. The molecule has 0 unspecified atom stereocenters. The zero-order chi connectivity index (χ0) is 25.0. The van der Waals surface area contributed by atoms with Gasteiger partial charge in [-0.2, -0.15) is 4.68 Å². The molecule has 1 aliphatic heterocycles. The van der Waals surface area contributed by atoms with Gasteiger partial charge in [-0.1, -0.05) is 0 Å². The molecule has 1 amide bonds. The van der Waals surface area contributed by atoms with Gasteiger partial charge in [-0.05, 0) is 65.9 Å². The summed E-state index contributed by atoms with van der Waals surface area (Å²) in [5, 5.41) is 12.1. The third-order valence-corrected chi connectivity index (χ3v) is 7.66. The molecule has 1 aromatic heterocycles. The molecule has 3 aromatic rings. The quantitative estimate of drug-likeness (QED) is 0.455. The standard InChI is InChI=1S/C23H29N7O4S/c1-4-34-20-9-7-19(8-10-20)30-22(24-25-26-30)17-28-13-15-29(16-14-28)23(31)18-5-11-21(12-6-18)35(32,33)27(2)3/h5-12H,4,13-17H2,1-3H3. The molecule has 0 spiro atoms. The van der Waals surface area contributed by atoms with Crippen molar-refractivity contribution in [2.24, 2.45) is 0 Å². The van der Waals surface area contributed by atoms with E-state index in [1.165, 1.54) is 26.2 Å². The van der Waals surface area contributed by atoms with Crippen molar-refractivity contribution in [3.63, 3.8) is 0 Å². The van der Waals surface area contributed by atoms with Gasteiger partial charge in [0.2, 0.25) is 10.0 Å². The van der Waals surface area contributed by atoms with Crippen LogP contribution in [0.25, 0.3) is 5.69 Å². The van der Waals surface area contributed by atoms with Gasteiger partial charge in [0.15, 0.2) is 5.82 Å². The Morgan fingerprint density at radius 1 is 1.00 bits per heavy atom. The van der Waals surface area contributed by atoms with Crippen LogP contribution in [0.4, 0.5) is 0 Å². The Morgan fingerprint density at radius 2 is 1.66 bits per heavy atom. The van der Waals surface area contributed by atoms with Crippen LogP contribution in [0.5, 0.6) is 5.75 Å². The van der Waals surface area contributed by atoms with Gasteiger partial charge in [-0.25, -0.2) is 12.7 Å². The van der Waals surface area contributed by atoms with Crippen LogP contribution in [0.15, 0.2) is 53.4 Å². The highest BCUT2D eigenvalue weighted by atomic mass is 32.2. The molecule has 11 nitrogen and oxygen atoms in total. The van der Waals surface area contributed by atoms with Crippen LogP contribution < -0.4 is 4.74 Å². The lowest BCUT2D eigenvalue weighted by molar-refractivity contribution is 0.0624. The van der Waals surface area contributed by atoms with E-state index in [4.69, 9.17) is 4.74 Å². The fraction of sp³-hybridized carbons (Fsp3) is 0.391. The maximum absolute atomic E-state index is 12.9. The molecule has 35 heavy (non-hydrogen) atoms. The third-order valence-electron chi connectivity index (χ3n) is 5.83. The highest BCUT2D eigenvalue weighted by molar-refractivity contribution is 7.89. The lowest BCUT2D eigenvalue weighted by Crippen LogP contribution is -2.48. The molecule has 1 fully saturated rings. The smallest absolute Gasteiger partial charge is 0.253 e. The SMILES string of the molecule is CCOc1ccc(-n2nnnc2CN2CCN(C(=O)c3ccc(S(=O)(=O)N(C)C)cc3)CC2)cc1. The highest BCUT2D eigenvalue weighted by Gasteiger charge is 2.24. The number of carbonyl (C=O) groups is 1. The van der Waals surface area contributed by atoms with Gasteiger partial charge in [0, 0.05) is 45.8 Å². The summed E-state index contributed by atoms with van der Waals surface area (Å²) in [7, 11) is -0.574. The number of aromatic nitrogens is 4. The first-order valence-corrected chi connectivity index (χ1v) is 12.8. The number of benzene rings is 2. The summed E-state index contributed by atoms with van der Waals surface area (Å²) < 4.78 is 32.8. The number of nitrogens with zero attached hydrogens (tertiary/aromatic N) is 7. The summed E-state index contributed by atoms with van der Waals surface area (Å²) in [5.41, 5.74) is 1.32. The highest BCUT2D eigenvalue weighted by Crippen LogP contribution is 2.18. The minimum Gasteiger partial charge on any atom is -0.494 e.